The molecule has 0 aliphatic carbocycles. The van der Waals surface area contributed by atoms with Gasteiger partial charge >= 0.3 is 12.3 Å². The van der Waals surface area contributed by atoms with Gasteiger partial charge in [-0.3, -0.25) is 4.74 Å². The molecule has 0 aliphatic heterocycles. The highest BCUT2D eigenvalue weighted by atomic mass is 19.4. The Labute approximate surface area is 59.7 Å². The van der Waals surface area contributed by atoms with Gasteiger partial charge in [0.2, 0.25) is 0 Å². The molecule has 0 aromatic heterocycles. The summed E-state index contributed by atoms with van der Waals surface area (Å²) in [5, 5.41) is 8.03. The van der Waals surface area contributed by atoms with Crippen molar-refractivity contribution >= 4 is 5.97 Å². The average Bonchev–Trinajstić information content (AvgIpc) is 1.80. The Morgan fingerprint density at radius 2 is 2.09 bits per heavy atom. The summed E-state index contributed by atoms with van der Waals surface area (Å²) in [5.41, 5.74) is 4.68. The highest BCUT2D eigenvalue weighted by Crippen LogP contribution is 2.18. The zero-order valence-electron chi connectivity index (χ0n) is 5.26. The number of ether oxygens (including phenoxy) is 1. The Bertz CT molecular complexity index is 146. The Balaban J connectivity index is 3.99. The molecule has 0 rings (SSSR count). The molecule has 0 fully saturated rings. The van der Waals surface area contributed by atoms with Crippen LogP contribution in [0.3, 0.4) is 0 Å². The van der Waals surface area contributed by atoms with Crippen molar-refractivity contribution in [2.75, 3.05) is 6.54 Å². The van der Waals surface area contributed by atoms with Crippen LogP contribution in [0, 0.1) is 0 Å². The second kappa shape index (κ2) is 3.54. The first-order chi connectivity index (χ1) is 4.87. The second-order valence-corrected chi connectivity index (χ2v) is 1.63. The van der Waals surface area contributed by atoms with Crippen molar-refractivity contribution < 1.29 is 27.8 Å². The summed E-state index contributed by atoms with van der Waals surface area (Å²) in [6, 6.07) is 0. The van der Waals surface area contributed by atoms with Crippen LogP contribution in [0.15, 0.2) is 0 Å². The Hall–Kier alpha value is -0.820. The van der Waals surface area contributed by atoms with E-state index in [4.69, 9.17) is 5.11 Å². The van der Waals surface area contributed by atoms with E-state index in [2.05, 4.69) is 10.5 Å². The van der Waals surface area contributed by atoms with Gasteiger partial charge in [-0.05, 0) is 0 Å². The molecule has 1 atom stereocenters. The maximum absolute atomic E-state index is 11.3. The molecule has 0 bridgehead atoms. The summed E-state index contributed by atoms with van der Waals surface area (Å²) in [4.78, 5) is 9.90. The minimum Gasteiger partial charge on any atom is -0.479 e. The van der Waals surface area contributed by atoms with Crippen molar-refractivity contribution in [3.8, 4) is 0 Å². The van der Waals surface area contributed by atoms with E-state index in [-0.39, 0.29) is 0 Å². The van der Waals surface area contributed by atoms with Crippen LogP contribution >= 0.6 is 0 Å². The fourth-order valence-corrected chi connectivity index (χ4v) is 0.361. The van der Waals surface area contributed by atoms with Gasteiger partial charge in [0.1, 0.15) is 0 Å². The lowest BCUT2D eigenvalue weighted by Gasteiger charge is -2.12. The van der Waals surface area contributed by atoms with Crippen molar-refractivity contribution in [3.05, 3.63) is 0 Å². The van der Waals surface area contributed by atoms with Crippen molar-refractivity contribution in [1.82, 2.24) is 0 Å². The van der Waals surface area contributed by atoms with Crippen molar-refractivity contribution in [3.63, 3.8) is 0 Å². The third kappa shape index (κ3) is 4.57. The maximum Gasteiger partial charge on any atom is 0.523 e. The van der Waals surface area contributed by atoms with Gasteiger partial charge in [-0.2, -0.15) is 0 Å². The summed E-state index contributed by atoms with van der Waals surface area (Å²) >= 11 is 0. The van der Waals surface area contributed by atoms with E-state index in [9.17, 15) is 18.0 Å². The van der Waals surface area contributed by atoms with Crippen LogP contribution in [-0.2, 0) is 9.53 Å². The number of carboxylic acids is 1. The number of halogens is 3. The zero-order chi connectivity index (χ0) is 9.07. The van der Waals surface area contributed by atoms with Gasteiger partial charge in [0.15, 0.2) is 6.10 Å². The van der Waals surface area contributed by atoms with E-state index in [1.807, 2.05) is 0 Å². The molecule has 3 N–H and O–H groups in total. The van der Waals surface area contributed by atoms with Crippen LogP contribution < -0.4 is 5.73 Å². The van der Waals surface area contributed by atoms with E-state index in [1.54, 1.807) is 0 Å². The normalized spacial score (nSPS) is 14.5. The van der Waals surface area contributed by atoms with E-state index >= 15 is 0 Å². The van der Waals surface area contributed by atoms with Gasteiger partial charge in [-0.15, -0.1) is 13.2 Å². The lowest BCUT2D eigenvalue weighted by atomic mass is 10.4. The molecule has 0 aromatic rings. The van der Waals surface area contributed by atoms with E-state index in [0.29, 0.717) is 0 Å². The summed E-state index contributed by atoms with van der Waals surface area (Å²) < 4.78 is 37.1. The van der Waals surface area contributed by atoms with E-state index in [1.165, 1.54) is 0 Å². The van der Waals surface area contributed by atoms with Crippen LogP contribution in [-0.4, -0.2) is 30.1 Å². The molecule has 0 aromatic carbocycles. The quantitative estimate of drug-likeness (QED) is 0.626. The van der Waals surface area contributed by atoms with Crippen LogP contribution in [0.25, 0.3) is 0 Å². The van der Waals surface area contributed by atoms with Gasteiger partial charge in [-0.1, -0.05) is 0 Å². The van der Waals surface area contributed by atoms with Gasteiger partial charge in [0, 0.05) is 6.54 Å². The monoisotopic (exact) mass is 173 g/mol. The Kier molecular flexibility index (Phi) is 3.27. The predicted octanol–water partition coefficient (Wildman–Crippen LogP) is -0.0653. The van der Waals surface area contributed by atoms with Crippen molar-refractivity contribution in [2.45, 2.75) is 12.5 Å². The lowest BCUT2D eigenvalue weighted by Crippen LogP contribution is -2.36. The zero-order valence-corrected chi connectivity index (χ0v) is 5.26. The summed E-state index contributed by atoms with van der Waals surface area (Å²) in [6.45, 7) is -0.713. The second-order valence-electron chi connectivity index (χ2n) is 1.63. The average molecular weight is 173 g/mol. The van der Waals surface area contributed by atoms with Crippen LogP contribution in [0.1, 0.15) is 0 Å². The molecule has 7 heteroatoms. The molecule has 0 spiro atoms. The smallest absolute Gasteiger partial charge is 0.479 e. The summed E-state index contributed by atoms with van der Waals surface area (Å²) in [7, 11) is 0. The van der Waals surface area contributed by atoms with Gasteiger partial charge in [-0.25, -0.2) is 4.79 Å². The predicted molar refractivity (Wildman–Crippen MR) is 27.6 cm³/mol. The highest BCUT2D eigenvalue weighted by molar-refractivity contribution is 5.72. The molecule has 0 amide bonds. The Morgan fingerprint density at radius 1 is 1.64 bits per heavy atom. The van der Waals surface area contributed by atoms with Gasteiger partial charge in [0.05, 0.1) is 0 Å². The molecule has 0 heterocycles. The van der Waals surface area contributed by atoms with Crippen LogP contribution in [0.5, 0.6) is 0 Å². The van der Waals surface area contributed by atoms with E-state index in [0.717, 1.165) is 0 Å². The number of hydrogen-bond acceptors (Lipinski definition) is 3. The van der Waals surface area contributed by atoms with E-state index < -0.39 is 25.0 Å². The summed E-state index contributed by atoms with van der Waals surface area (Å²) in [5.74, 6) is -1.73. The number of alkyl halides is 3. The molecule has 0 aliphatic rings. The summed E-state index contributed by atoms with van der Waals surface area (Å²) in [6.07, 6.45) is -6.97. The van der Waals surface area contributed by atoms with Gasteiger partial charge < -0.3 is 10.8 Å². The standard InChI is InChI=1S/C4H6F3NO3/c5-4(6,7)11-2(1-8)3(9)10/h2H,1,8H2,(H,9,10)/t2-/m0/s1. The van der Waals surface area contributed by atoms with Crippen molar-refractivity contribution in [2.24, 2.45) is 5.73 Å². The number of nitrogens with two attached hydrogens (primary N) is 1. The molecule has 4 nitrogen and oxygen atoms in total. The third-order valence-electron chi connectivity index (χ3n) is 0.765. The topological polar surface area (TPSA) is 72.5 Å². The largest absolute Gasteiger partial charge is 0.523 e. The molecule has 0 saturated carbocycles. The van der Waals surface area contributed by atoms with Crippen molar-refractivity contribution in [1.29, 1.82) is 0 Å². The minimum absolute atomic E-state index is 0.713. The number of aliphatic carboxylic acids is 1. The molecule has 0 radical (unpaired) electrons. The number of rotatable bonds is 3. The molecule has 66 valence electrons. The number of carbonyl (C=O) groups is 1. The molecule has 0 unspecified atom stereocenters. The Morgan fingerprint density at radius 3 is 2.18 bits per heavy atom. The SMILES string of the molecule is NC[C@H](OC(F)(F)F)C(=O)O. The first-order valence-electron chi connectivity index (χ1n) is 2.54. The number of hydrogen-bond donors (Lipinski definition) is 2. The minimum atomic E-state index is -4.96. The van der Waals surface area contributed by atoms with Gasteiger partial charge in [0.25, 0.3) is 0 Å². The number of carboxylic acid groups (broad SMARTS) is 1. The lowest BCUT2D eigenvalue weighted by molar-refractivity contribution is -0.338. The third-order valence-corrected chi connectivity index (χ3v) is 0.765. The molecular weight excluding hydrogens is 167 g/mol. The molecular formula is C4H6F3NO3. The van der Waals surface area contributed by atoms with Crippen LogP contribution in [0.4, 0.5) is 13.2 Å². The highest BCUT2D eigenvalue weighted by Gasteiger charge is 2.35. The first-order valence-corrected chi connectivity index (χ1v) is 2.54. The molecule has 11 heavy (non-hydrogen) atoms. The molecule has 0 saturated heterocycles. The fraction of sp³-hybridized carbons (Fsp3) is 0.750. The maximum atomic E-state index is 11.3. The first kappa shape index (κ1) is 10.2. The fourth-order valence-electron chi connectivity index (χ4n) is 0.361. The van der Waals surface area contributed by atoms with Crippen LogP contribution in [0.2, 0.25) is 0 Å².